The van der Waals surface area contributed by atoms with Crippen molar-refractivity contribution in [2.45, 2.75) is 25.8 Å². The van der Waals surface area contributed by atoms with E-state index in [4.69, 9.17) is 29.6 Å². The van der Waals surface area contributed by atoms with E-state index < -0.39 is 0 Å². The second kappa shape index (κ2) is 7.15. The Hall–Kier alpha value is -0.980. The molecule has 1 unspecified atom stereocenters. The zero-order valence-corrected chi connectivity index (χ0v) is 13.2. The molecule has 1 atom stereocenters. The van der Waals surface area contributed by atoms with Gasteiger partial charge in [-0.15, -0.1) is 0 Å². The van der Waals surface area contributed by atoms with Crippen molar-refractivity contribution in [1.29, 1.82) is 0 Å². The molecule has 0 amide bonds. The smallest absolute Gasteiger partial charge is 0.225 e. The largest absolute Gasteiger partial charge is 0.392 e. The summed E-state index contributed by atoms with van der Waals surface area (Å²) in [6.45, 7) is 5.76. The van der Waals surface area contributed by atoms with Gasteiger partial charge in [-0.3, -0.25) is 4.90 Å². The molecule has 20 heavy (non-hydrogen) atoms. The number of thiocarbonyl (C=S) groups is 1. The third-order valence-corrected chi connectivity index (χ3v) is 4.00. The van der Waals surface area contributed by atoms with Crippen LogP contribution in [0.2, 0.25) is 5.02 Å². The molecule has 0 aromatic carbocycles. The predicted molar refractivity (Wildman–Crippen MR) is 86.3 cm³/mol. The molecule has 1 aliphatic heterocycles. The van der Waals surface area contributed by atoms with E-state index >= 15 is 0 Å². The molecule has 0 aliphatic carbocycles. The van der Waals surface area contributed by atoms with Crippen LogP contribution in [0.3, 0.4) is 0 Å². The van der Waals surface area contributed by atoms with Crippen molar-refractivity contribution in [3.8, 4) is 0 Å². The number of halogens is 1. The highest BCUT2D eigenvalue weighted by Crippen LogP contribution is 2.16. The lowest BCUT2D eigenvalue weighted by atomic mass is 10.1. The highest BCUT2D eigenvalue weighted by molar-refractivity contribution is 7.80. The molecule has 1 aliphatic rings. The number of hydrogen-bond acceptors (Lipinski definition) is 5. The van der Waals surface area contributed by atoms with Gasteiger partial charge in [-0.2, -0.15) is 0 Å². The number of piperazine rings is 1. The van der Waals surface area contributed by atoms with Gasteiger partial charge >= 0.3 is 0 Å². The minimum absolute atomic E-state index is 0.211. The fourth-order valence-corrected chi connectivity index (χ4v) is 2.85. The van der Waals surface area contributed by atoms with Crippen LogP contribution >= 0.6 is 23.8 Å². The predicted octanol–water partition coefficient (Wildman–Crippen LogP) is 1.71. The second-order valence-corrected chi connectivity index (χ2v) is 5.84. The maximum Gasteiger partial charge on any atom is 0.225 e. The van der Waals surface area contributed by atoms with Crippen LogP contribution in [0.25, 0.3) is 0 Å². The Bertz CT molecular complexity index is 445. The topological polar surface area (TPSA) is 58.3 Å². The molecule has 2 rings (SSSR count). The molecule has 2 N–H and O–H groups in total. The van der Waals surface area contributed by atoms with Crippen LogP contribution in [-0.2, 0) is 0 Å². The van der Waals surface area contributed by atoms with Crippen LogP contribution < -0.4 is 10.6 Å². The number of nitrogens with zero attached hydrogens (tertiary/aromatic N) is 4. The molecule has 0 saturated carbocycles. The van der Waals surface area contributed by atoms with Crippen molar-refractivity contribution < 1.29 is 0 Å². The van der Waals surface area contributed by atoms with E-state index in [1.807, 2.05) is 0 Å². The minimum atomic E-state index is 0.211. The van der Waals surface area contributed by atoms with E-state index in [2.05, 4.69) is 26.7 Å². The number of hydrogen-bond donors (Lipinski definition) is 1. The van der Waals surface area contributed by atoms with Crippen molar-refractivity contribution in [2.75, 3.05) is 31.1 Å². The van der Waals surface area contributed by atoms with Crippen molar-refractivity contribution >= 4 is 34.8 Å². The molecule has 1 fully saturated rings. The first-order valence-corrected chi connectivity index (χ1v) is 7.66. The van der Waals surface area contributed by atoms with Crippen molar-refractivity contribution in [3.05, 3.63) is 17.4 Å². The molecule has 1 aromatic rings. The lowest BCUT2D eigenvalue weighted by Gasteiger charge is -2.38. The molecule has 110 valence electrons. The zero-order chi connectivity index (χ0) is 14.5. The summed E-state index contributed by atoms with van der Waals surface area (Å²) in [4.78, 5) is 13.6. The third-order valence-electron chi connectivity index (χ3n) is 3.54. The maximum atomic E-state index is 5.85. The number of aromatic nitrogens is 2. The molecule has 1 saturated heterocycles. The van der Waals surface area contributed by atoms with Gasteiger partial charge in [0.25, 0.3) is 0 Å². The zero-order valence-electron chi connectivity index (χ0n) is 11.6. The van der Waals surface area contributed by atoms with E-state index in [9.17, 15) is 0 Å². The molecule has 5 nitrogen and oxygen atoms in total. The number of rotatable bonds is 5. The molecule has 0 spiro atoms. The first-order chi connectivity index (χ1) is 9.61. The van der Waals surface area contributed by atoms with Gasteiger partial charge in [0.15, 0.2) is 0 Å². The van der Waals surface area contributed by atoms with E-state index in [1.54, 1.807) is 12.4 Å². The van der Waals surface area contributed by atoms with Crippen molar-refractivity contribution in [2.24, 2.45) is 5.73 Å². The van der Waals surface area contributed by atoms with Crippen LogP contribution in [0, 0.1) is 0 Å². The quantitative estimate of drug-likeness (QED) is 0.835. The summed E-state index contributed by atoms with van der Waals surface area (Å²) in [5.41, 5.74) is 5.85. The van der Waals surface area contributed by atoms with Gasteiger partial charge in [0, 0.05) is 26.2 Å². The summed E-state index contributed by atoms with van der Waals surface area (Å²) in [6, 6.07) is 0.211. The normalized spacial score (nSPS) is 18.0. The highest BCUT2D eigenvalue weighted by Gasteiger charge is 2.25. The van der Waals surface area contributed by atoms with E-state index in [-0.39, 0.29) is 6.04 Å². The molecule has 1 aromatic heterocycles. The Morgan fingerprint density at radius 3 is 2.45 bits per heavy atom. The molecular formula is C13H20ClN5S. The fraction of sp³-hybridized carbons (Fsp3) is 0.615. The summed E-state index contributed by atoms with van der Waals surface area (Å²) in [5.74, 6) is 0.733. The monoisotopic (exact) mass is 313 g/mol. The Balaban J connectivity index is 1.94. The van der Waals surface area contributed by atoms with Gasteiger partial charge < -0.3 is 10.6 Å². The first kappa shape index (κ1) is 15.4. The highest BCUT2D eigenvalue weighted by atomic mass is 35.5. The van der Waals surface area contributed by atoms with Crippen molar-refractivity contribution in [1.82, 2.24) is 14.9 Å². The lowest BCUT2D eigenvalue weighted by Crippen LogP contribution is -2.54. The van der Waals surface area contributed by atoms with Gasteiger partial charge in [-0.1, -0.05) is 37.2 Å². The molecular weight excluding hydrogens is 294 g/mol. The third kappa shape index (κ3) is 3.77. The standard InChI is InChI=1S/C13H20ClN5S/c1-2-3-11(12(15)20)18-4-6-19(7-5-18)13-16-8-10(14)9-17-13/h8-9,11H,2-7H2,1H3,(H2,15,20). The summed E-state index contributed by atoms with van der Waals surface area (Å²) in [7, 11) is 0. The summed E-state index contributed by atoms with van der Waals surface area (Å²) >= 11 is 11.0. The molecule has 2 heterocycles. The average molecular weight is 314 g/mol. The SMILES string of the molecule is CCCC(C(N)=S)N1CCN(c2ncc(Cl)cn2)CC1. The Kier molecular flexibility index (Phi) is 5.51. The van der Waals surface area contributed by atoms with Gasteiger partial charge in [0.2, 0.25) is 5.95 Å². The summed E-state index contributed by atoms with van der Waals surface area (Å²) in [5, 5.41) is 0.559. The molecule has 0 radical (unpaired) electrons. The summed E-state index contributed by atoms with van der Waals surface area (Å²) in [6.07, 6.45) is 5.37. The Labute approximate surface area is 130 Å². The minimum Gasteiger partial charge on any atom is -0.392 e. The number of nitrogens with two attached hydrogens (primary N) is 1. The van der Waals surface area contributed by atoms with E-state index in [1.165, 1.54) is 0 Å². The van der Waals surface area contributed by atoms with Crippen LogP contribution in [0.1, 0.15) is 19.8 Å². The summed E-state index contributed by atoms with van der Waals surface area (Å²) < 4.78 is 0. The lowest BCUT2D eigenvalue weighted by molar-refractivity contribution is 0.218. The second-order valence-electron chi connectivity index (χ2n) is 4.93. The fourth-order valence-electron chi connectivity index (χ4n) is 2.48. The van der Waals surface area contributed by atoms with Crippen LogP contribution in [0.5, 0.6) is 0 Å². The Morgan fingerprint density at radius 1 is 1.35 bits per heavy atom. The van der Waals surface area contributed by atoms with Gasteiger partial charge in [-0.25, -0.2) is 9.97 Å². The Morgan fingerprint density at radius 2 is 1.95 bits per heavy atom. The average Bonchev–Trinajstić information content (AvgIpc) is 2.45. The van der Waals surface area contributed by atoms with Crippen LogP contribution in [0.15, 0.2) is 12.4 Å². The van der Waals surface area contributed by atoms with Crippen LogP contribution in [-0.4, -0.2) is 52.1 Å². The first-order valence-electron chi connectivity index (χ1n) is 6.87. The molecule has 7 heteroatoms. The molecule has 0 bridgehead atoms. The van der Waals surface area contributed by atoms with Crippen molar-refractivity contribution in [3.63, 3.8) is 0 Å². The van der Waals surface area contributed by atoms with E-state index in [0.717, 1.165) is 45.0 Å². The van der Waals surface area contributed by atoms with Gasteiger partial charge in [-0.05, 0) is 6.42 Å². The van der Waals surface area contributed by atoms with Gasteiger partial charge in [0.1, 0.15) is 0 Å². The number of anilines is 1. The maximum absolute atomic E-state index is 5.85. The van der Waals surface area contributed by atoms with E-state index in [0.29, 0.717) is 10.0 Å². The van der Waals surface area contributed by atoms with Gasteiger partial charge in [0.05, 0.1) is 28.4 Å². The van der Waals surface area contributed by atoms with Crippen LogP contribution in [0.4, 0.5) is 5.95 Å².